The maximum absolute atomic E-state index is 12.9. The van der Waals surface area contributed by atoms with Gasteiger partial charge in [-0.15, -0.1) is 0 Å². The summed E-state index contributed by atoms with van der Waals surface area (Å²) in [7, 11) is -0.105. The molecule has 3 rings (SSSR count). The molecule has 0 aliphatic carbocycles. The molecule has 0 saturated carbocycles. The third-order valence-corrected chi connectivity index (χ3v) is 6.92. The average Bonchev–Trinajstić information content (AvgIpc) is 3.16. The van der Waals surface area contributed by atoms with Crippen molar-refractivity contribution in [1.82, 2.24) is 14.2 Å². The first-order valence-corrected chi connectivity index (χ1v) is 11.0. The van der Waals surface area contributed by atoms with Gasteiger partial charge in [0.2, 0.25) is 21.8 Å². The second-order valence-corrected chi connectivity index (χ2v) is 9.19. The van der Waals surface area contributed by atoms with Gasteiger partial charge in [-0.2, -0.15) is 4.98 Å². The topological polar surface area (TPSA) is 89.0 Å². The molecule has 3 heterocycles. The summed E-state index contributed by atoms with van der Waals surface area (Å²) in [5.41, 5.74) is 0.436. The lowest BCUT2D eigenvalue weighted by Crippen LogP contribution is -2.40. The summed E-state index contributed by atoms with van der Waals surface area (Å²) in [4.78, 5) is 19.0. The van der Waals surface area contributed by atoms with Gasteiger partial charge in [-0.05, 0) is 37.2 Å². The van der Waals surface area contributed by atoms with E-state index >= 15 is 0 Å². The molecule has 9 heteroatoms. The highest BCUT2D eigenvalue weighted by atomic mass is 32.2. The van der Waals surface area contributed by atoms with Crippen LogP contribution in [0.25, 0.3) is 0 Å². The third-order valence-electron chi connectivity index (χ3n) is 5.61. The number of rotatable bonds is 5. The highest BCUT2D eigenvalue weighted by Crippen LogP contribution is 2.33. The number of carbonyl (C=O) groups is 1. The van der Waals surface area contributed by atoms with Crippen molar-refractivity contribution >= 4 is 15.9 Å². The molecule has 0 spiro atoms. The minimum atomic E-state index is -3.11. The number of nitrogens with zero attached hydrogens (tertiary/aromatic N) is 3. The van der Waals surface area contributed by atoms with Gasteiger partial charge in [-0.1, -0.05) is 0 Å². The van der Waals surface area contributed by atoms with Gasteiger partial charge < -0.3 is 14.4 Å². The van der Waals surface area contributed by atoms with Crippen LogP contribution in [0.2, 0.25) is 0 Å². The van der Waals surface area contributed by atoms with E-state index in [0.29, 0.717) is 49.5 Å². The highest BCUT2D eigenvalue weighted by Gasteiger charge is 2.36. The number of amides is 1. The first kappa shape index (κ1) is 19.9. The summed E-state index contributed by atoms with van der Waals surface area (Å²) in [6, 6.07) is 3.34. The van der Waals surface area contributed by atoms with E-state index in [9.17, 15) is 13.2 Å². The van der Waals surface area contributed by atoms with Crippen molar-refractivity contribution in [2.24, 2.45) is 11.8 Å². The molecule has 0 aromatic carbocycles. The van der Waals surface area contributed by atoms with Crippen molar-refractivity contribution in [3.63, 3.8) is 0 Å². The average molecular weight is 397 g/mol. The molecule has 0 radical (unpaired) electrons. The lowest BCUT2D eigenvalue weighted by atomic mass is 9.84. The lowest BCUT2D eigenvalue weighted by Gasteiger charge is -2.33. The van der Waals surface area contributed by atoms with Gasteiger partial charge in [-0.25, -0.2) is 12.7 Å². The van der Waals surface area contributed by atoms with Crippen LogP contribution in [0.5, 0.6) is 11.8 Å². The van der Waals surface area contributed by atoms with E-state index in [-0.39, 0.29) is 11.8 Å². The van der Waals surface area contributed by atoms with E-state index in [4.69, 9.17) is 9.47 Å². The first-order valence-electron chi connectivity index (χ1n) is 9.17. The van der Waals surface area contributed by atoms with Gasteiger partial charge in [-0.3, -0.25) is 4.79 Å². The number of carbonyl (C=O) groups excluding carboxylic acids is 1. The zero-order chi connectivity index (χ0) is 19.6. The Hall–Kier alpha value is -1.87. The van der Waals surface area contributed by atoms with Crippen molar-refractivity contribution < 1.29 is 22.7 Å². The number of hydrogen-bond acceptors (Lipinski definition) is 6. The second-order valence-electron chi connectivity index (χ2n) is 7.21. The molecule has 150 valence electrons. The summed E-state index contributed by atoms with van der Waals surface area (Å²) < 4.78 is 35.2. The largest absolute Gasteiger partial charge is 0.481 e. The minimum Gasteiger partial charge on any atom is -0.481 e. The van der Waals surface area contributed by atoms with Crippen molar-refractivity contribution in [3.8, 4) is 11.8 Å². The Kier molecular flexibility index (Phi) is 5.90. The smallest absolute Gasteiger partial charge is 0.259 e. The molecule has 1 aromatic rings. The number of ether oxygens (including phenoxy) is 2. The monoisotopic (exact) mass is 397 g/mol. The number of hydrogen-bond donors (Lipinski definition) is 0. The maximum Gasteiger partial charge on any atom is 0.259 e. The fraction of sp³-hybridized carbons (Fsp3) is 0.667. The molecule has 2 aliphatic heterocycles. The van der Waals surface area contributed by atoms with Crippen molar-refractivity contribution in [3.05, 3.63) is 17.7 Å². The predicted octanol–water partition coefficient (Wildman–Crippen LogP) is 1.23. The van der Waals surface area contributed by atoms with Crippen molar-refractivity contribution in [2.45, 2.75) is 19.3 Å². The van der Waals surface area contributed by atoms with E-state index in [2.05, 4.69) is 4.98 Å². The van der Waals surface area contributed by atoms with Crippen LogP contribution in [0, 0.1) is 11.8 Å². The van der Waals surface area contributed by atoms with Crippen LogP contribution in [0.1, 0.15) is 29.6 Å². The maximum atomic E-state index is 12.9. The van der Waals surface area contributed by atoms with Crippen LogP contribution < -0.4 is 9.47 Å². The number of likely N-dealkylation sites (tertiary alicyclic amines) is 1. The van der Waals surface area contributed by atoms with Gasteiger partial charge in [0.05, 0.1) is 20.5 Å². The quantitative estimate of drug-likeness (QED) is 0.743. The van der Waals surface area contributed by atoms with E-state index < -0.39 is 10.0 Å². The molecule has 2 fully saturated rings. The fourth-order valence-electron chi connectivity index (χ4n) is 4.06. The van der Waals surface area contributed by atoms with E-state index in [0.717, 1.165) is 19.3 Å². The van der Waals surface area contributed by atoms with Gasteiger partial charge in [0.1, 0.15) is 5.56 Å². The Bertz CT molecular complexity index is 790. The molecule has 2 saturated heterocycles. The number of aromatic nitrogens is 1. The Morgan fingerprint density at radius 1 is 1.07 bits per heavy atom. The summed E-state index contributed by atoms with van der Waals surface area (Å²) in [5.74, 6) is 1.45. The summed E-state index contributed by atoms with van der Waals surface area (Å²) in [5, 5.41) is 0. The van der Waals surface area contributed by atoms with Gasteiger partial charge in [0.25, 0.3) is 5.91 Å². The molecule has 8 nitrogen and oxygen atoms in total. The van der Waals surface area contributed by atoms with Crippen LogP contribution >= 0.6 is 0 Å². The molecule has 1 amide bonds. The Balaban J connectivity index is 1.62. The Morgan fingerprint density at radius 3 is 2.33 bits per heavy atom. The standard InChI is InChI=1S/C18H27N3O5S/c1-25-16-5-4-15(17(19-16)26-2)18(22)20-9-6-14(12-20)13-7-10-21(11-8-13)27(3,23)24/h4-5,13-14H,6-12H2,1-3H3. The van der Waals surface area contributed by atoms with Gasteiger partial charge >= 0.3 is 0 Å². The summed E-state index contributed by atoms with van der Waals surface area (Å²) in [6.45, 7) is 2.54. The lowest BCUT2D eigenvalue weighted by molar-refractivity contribution is 0.0774. The van der Waals surface area contributed by atoms with E-state index in [1.807, 2.05) is 4.90 Å². The van der Waals surface area contributed by atoms with Crippen LogP contribution in [0.15, 0.2) is 12.1 Å². The fourth-order valence-corrected chi connectivity index (χ4v) is 4.94. The normalized spacial score (nSPS) is 22.0. The first-order chi connectivity index (χ1) is 12.8. The molecule has 27 heavy (non-hydrogen) atoms. The minimum absolute atomic E-state index is 0.0851. The summed E-state index contributed by atoms with van der Waals surface area (Å²) in [6.07, 6.45) is 3.92. The molecule has 1 aromatic heterocycles. The second kappa shape index (κ2) is 8.02. The number of methoxy groups -OCH3 is 2. The highest BCUT2D eigenvalue weighted by molar-refractivity contribution is 7.88. The van der Waals surface area contributed by atoms with Crippen LogP contribution in [-0.4, -0.2) is 75.2 Å². The third kappa shape index (κ3) is 4.35. The molecule has 1 unspecified atom stereocenters. The number of pyridine rings is 1. The molecule has 1 atom stereocenters. The number of piperidine rings is 1. The molecule has 2 aliphatic rings. The van der Waals surface area contributed by atoms with Crippen LogP contribution in [0.4, 0.5) is 0 Å². The van der Waals surface area contributed by atoms with E-state index in [1.165, 1.54) is 20.5 Å². The van der Waals surface area contributed by atoms with Gasteiger partial charge in [0, 0.05) is 32.2 Å². The van der Waals surface area contributed by atoms with E-state index in [1.54, 1.807) is 16.4 Å². The van der Waals surface area contributed by atoms with Gasteiger partial charge in [0.15, 0.2) is 0 Å². The molecule has 0 N–H and O–H groups in total. The Labute approximate surface area is 160 Å². The Morgan fingerprint density at radius 2 is 1.74 bits per heavy atom. The number of sulfonamides is 1. The molecular formula is C18H27N3O5S. The molecule has 0 bridgehead atoms. The zero-order valence-corrected chi connectivity index (χ0v) is 16.9. The SMILES string of the molecule is COc1ccc(C(=O)N2CCC(C3CCN(S(C)(=O)=O)CC3)C2)c(OC)n1. The molecular weight excluding hydrogens is 370 g/mol. The van der Waals surface area contributed by atoms with Crippen molar-refractivity contribution in [2.75, 3.05) is 46.7 Å². The van der Waals surface area contributed by atoms with Crippen molar-refractivity contribution in [1.29, 1.82) is 0 Å². The zero-order valence-electron chi connectivity index (χ0n) is 16.1. The predicted molar refractivity (Wildman–Crippen MR) is 100 cm³/mol. The van der Waals surface area contributed by atoms with Crippen LogP contribution in [-0.2, 0) is 10.0 Å². The van der Waals surface area contributed by atoms with Crippen LogP contribution in [0.3, 0.4) is 0 Å². The summed E-state index contributed by atoms with van der Waals surface area (Å²) >= 11 is 0.